The minimum absolute atomic E-state index is 0.0367. The molecule has 4 heterocycles. The molecule has 14 heteroatoms. The number of anilines is 1. The van der Waals surface area contributed by atoms with Gasteiger partial charge in [0.15, 0.2) is 0 Å². The number of morpholine rings is 1. The number of hydrogen-bond acceptors (Lipinski definition) is 13. The van der Waals surface area contributed by atoms with E-state index < -0.39 is 37.3 Å². The van der Waals surface area contributed by atoms with E-state index in [1.165, 1.54) is 7.11 Å². The van der Waals surface area contributed by atoms with Gasteiger partial charge in [0.25, 0.3) is 0 Å². The zero-order valence-electron chi connectivity index (χ0n) is 19.4. The molecule has 5 atom stereocenters. The molecule has 0 aliphatic carbocycles. The minimum Gasteiger partial charge on any atom is -0.467 e. The van der Waals surface area contributed by atoms with Crippen molar-refractivity contribution in [1.82, 2.24) is 19.9 Å². The third-order valence-electron chi connectivity index (χ3n) is 5.98. The fourth-order valence-electron chi connectivity index (χ4n) is 4.00. The van der Waals surface area contributed by atoms with Gasteiger partial charge in [-0.25, -0.2) is 0 Å². The van der Waals surface area contributed by atoms with Gasteiger partial charge in [-0.2, -0.15) is 9.97 Å². The van der Waals surface area contributed by atoms with Gasteiger partial charge in [-0.15, -0.1) is 4.98 Å². The molecule has 3 aromatic rings. The molecule has 0 radical (unpaired) electrons. The number of aromatic amines is 1. The van der Waals surface area contributed by atoms with Crippen molar-refractivity contribution in [2.75, 3.05) is 44.9 Å². The third-order valence-corrected chi connectivity index (χ3v) is 5.98. The highest BCUT2D eigenvalue weighted by Gasteiger charge is 2.44. The first kappa shape index (κ1) is 24.4. The van der Waals surface area contributed by atoms with Gasteiger partial charge in [-0.1, -0.05) is 0 Å². The summed E-state index contributed by atoms with van der Waals surface area (Å²) in [5.41, 5.74) is 0.698. The van der Waals surface area contributed by atoms with Crippen LogP contribution in [-0.2, 0) is 9.47 Å². The molecule has 0 spiro atoms. The lowest BCUT2D eigenvalue weighted by Crippen LogP contribution is -2.60. The van der Waals surface area contributed by atoms with Gasteiger partial charge in [0.1, 0.15) is 35.9 Å². The molecule has 2 saturated heterocycles. The predicted octanol–water partition coefficient (Wildman–Crippen LogP) is -0.831. The second kappa shape index (κ2) is 10.4. The monoisotopic (exact) mass is 505 g/mol. The molecule has 0 saturated carbocycles. The van der Waals surface area contributed by atoms with E-state index in [2.05, 4.69) is 19.9 Å². The van der Waals surface area contributed by atoms with E-state index >= 15 is 0 Å². The van der Waals surface area contributed by atoms with Crippen LogP contribution in [0.5, 0.6) is 23.5 Å². The number of benzene rings is 1. The smallest absolute Gasteiger partial charge is 0.330 e. The summed E-state index contributed by atoms with van der Waals surface area (Å²) in [6.07, 6.45) is -5.43. The fraction of sp³-hybridized carbons (Fsp3) is 0.500. The number of ether oxygens (including phenoxy) is 5. The van der Waals surface area contributed by atoms with Crippen molar-refractivity contribution in [2.45, 2.75) is 30.7 Å². The number of aliphatic hydroxyl groups excluding tert-OH is 4. The molecule has 2 fully saturated rings. The van der Waals surface area contributed by atoms with Crippen LogP contribution < -0.4 is 19.1 Å². The van der Waals surface area contributed by atoms with Crippen molar-refractivity contribution in [3.63, 3.8) is 0 Å². The lowest BCUT2D eigenvalue weighted by molar-refractivity contribution is -0.277. The minimum atomic E-state index is -1.55. The molecule has 0 bridgehead atoms. The Morgan fingerprint density at radius 1 is 1.06 bits per heavy atom. The van der Waals surface area contributed by atoms with Gasteiger partial charge in [0.2, 0.25) is 12.2 Å². The molecule has 2 aliphatic heterocycles. The van der Waals surface area contributed by atoms with E-state index in [-0.39, 0.29) is 12.0 Å². The van der Waals surface area contributed by atoms with Crippen molar-refractivity contribution in [3.8, 4) is 23.5 Å². The Balaban J connectivity index is 1.38. The summed E-state index contributed by atoms with van der Waals surface area (Å²) in [6, 6.07) is 5.29. The molecule has 2 aromatic heterocycles. The number of rotatable bonds is 7. The molecule has 5 rings (SSSR count). The molecule has 194 valence electrons. The Morgan fingerprint density at radius 3 is 2.58 bits per heavy atom. The van der Waals surface area contributed by atoms with E-state index in [1.54, 1.807) is 24.4 Å². The van der Waals surface area contributed by atoms with Gasteiger partial charge < -0.3 is 54.0 Å². The summed E-state index contributed by atoms with van der Waals surface area (Å²) < 4.78 is 27.7. The summed E-state index contributed by atoms with van der Waals surface area (Å²) in [4.78, 5) is 17.9. The maximum absolute atomic E-state index is 10.3. The maximum atomic E-state index is 10.3. The number of hydrogen-bond donors (Lipinski definition) is 5. The Hall–Kier alpha value is -3.27. The standard InChI is InChI=1S/C22H27N5O9/c1-32-21-24-20(27-4-6-33-7-5-27)25-22(26-21)34-11-2-3-13-12(8-11)14(9-23-13)35-19-18(31)17(30)16(29)15(10-28)36-19/h2-3,8-9,15-19,23,28-31H,4-7,10H2,1H3/t15-,16-,17+,18-,19-/m1/s1. The SMILES string of the molecule is COc1nc(Oc2ccc3[nH]cc(O[C@@H]4O[C@H](CO)[C@@H](O)[C@H](O)[C@H]4O)c3c2)nc(N2CCOCC2)n1. The lowest BCUT2D eigenvalue weighted by atomic mass is 9.99. The van der Waals surface area contributed by atoms with Gasteiger partial charge in [0, 0.05) is 30.2 Å². The number of H-pyrrole nitrogens is 1. The largest absolute Gasteiger partial charge is 0.467 e. The highest BCUT2D eigenvalue weighted by molar-refractivity contribution is 5.87. The molecule has 0 amide bonds. The maximum Gasteiger partial charge on any atom is 0.330 e. The number of fused-ring (bicyclic) bond motifs is 1. The van der Waals surface area contributed by atoms with E-state index in [1.807, 2.05) is 4.90 Å². The zero-order valence-corrected chi connectivity index (χ0v) is 19.4. The van der Waals surface area contributed by atoms with Gasteiger partial charge in [-0.05, 0) is 18.2 Å². The highest BCUT2D eigenvalue weighted by Crippen LogP contribution is 2.33. The van der Waals surface area contributed by atoms with Crippen LogP contribution in [0.3, 0.4) is 0 Å². The molecule has 14 nitrogen and oxygen atoms in total. The molecule has 0 unspecified atom stereocenters. The molecular formula is C22H27N5O9. The van der Waals surface area contributed by atoms with Crippen LogP contribution in [0.1, 0.15) is 0 Å². The van der Waals surface area contributed by atoms with Crippen LogP contribution in [-0.4, -0.2) is 111 Å². The van der Waals surface area contributed by atoms with E-state index in [0.717, 1.165) is 0 Å². The quantitative estimate of drug-likeness (QED) is 0.268. The van der Waals surface area contributed by atoms with Crippen molar-refractivity contribution in [1.29, 1.82) is 0 Å². The second-order valence-corrected chi connectivity index (χ2v) is 8.28. The van der Waals surface area contributed by atoms with E-state index in [4.69, 9.17) is 23.7 Å². The Kier molecular flexibility index (Phi) is 7.04. The van der Waals surface area contributed by atoms with Crippen LogP contribution in [0.15, 0.2) is 24.4 Å². The molecule has 1 aromatic carbocycles. The van der Waals surface area contributed by atoms with Gasteiger partial charge >= 0.3 is 12.0 Å². The van der Waals surface area contributed by atoms with Crippen molar-refractivity contribution < 1.29 is 44.1 Å². The van der Waals surface area contributed by atoms with Crippen LogP contribution in [0, 0.1) is 0 Å². The van der Waals surface area contributed by atoms with Crippen LogP contribution in [0.4, 0.5) is 5.95 Å². The summed E-state index contributed by atoms with van der Waals surface area (Å²) >= 11 is 0. The Morgan fingerprint density at radius 2 is 1.83 bits per heavy atom. The van der Waals surface area contributed by atoms with Gasteiger partial charge in [0.05, 0.1) is 26.9 Å². The average Bonchev–Trinajstić information content (AvgIpc) is 3.31. The first-order valence-electron chi connectivity index (χ1n) is 11.4. The Bertz CT molecular complexity index is 1190. The summed E-state index contributed by atoms with van der Waals surface area (Å²) in [5.74, 6) is 1.10. The van der Waals surface area contributed by atoms with Crippen molar-refractivity contribution in [2.24, 2.45) is 0 Å². The third kappa shape index (κ3) is 4.86. The number of aromatic nitrogens is 4. The van der Waals surface area contributed by atoms with Crippen LogP contribution >= 0.6 is 0 Å². The normalized spacial score (nSPS) is 26.7. The molecule has 36 heavy (non-hydrogen) atoms. The average molecular weight is 505 g/mol. The summed E-state index contributed by atoms with van der Waals surface area (Å²) in [5, 5.41) is 40.3. The molecule has 2 aliphatic rings. The van der Waals surface area contributed by atoms with Crippen LogP contribution in [0.2, 0.25) is 0 Å². The number of nitrogens with one attached hydrogen (secondary N) is 1. The number of aliphatic hydroxyl groups is 4. The highest BCUT2D eigenvalue weighted by atomic mass is 16.7. The second-order valence-electron chi connectivity index (χ2n) is 8.28. The summed E-state index contributed by atoms with van der Waals surface area (Å²) in [7, 11) is 1.46. The number of methoxy groups -OCH3 is 1. The first-order chi connectivity index (χ1) is 17.5. The first-order valence-corrected chi connectivity index (χ1v) is 11.4. The lowest BCUT2D eigenvalue weighted by Gasteiger charge is -2.39. The van der Waals surface area contributed by atoms with Crippen molar-refractivity contribution in [3.05, 3.63) is 24.4 Å². The van der Waals surface area contributed by atoms with Gasteiger partial charge in [-0.3, -0.25) is 0 Å². The molecular weight excluding hydrogens is 478 g/mol. The molecule has 5 N–H and O–H groups in total. The summed E-state index contributed by atoms with van der Waals surface area (Å²) in [6.45, 7) is 1.82. The predicted molar refractivity (Wildman–Crippen MR) is 122 cm³/mol. The van der Waals surface area contributed by atoms with Crippen molar-refractivity contribution >= 4 is 16.9 Å². The zero-order chi connectivity index (χ0) is 25.2. The Labute approximate surface area is 205 Å². The topological polar surface area (TPSA) is 185 Å². The fourth-order valence-corrected chi connectivity index (χ4v) is 4.00. The van der Waals surface area contributed by atoms with E-state index in [0.29, 0.717) is 54.7 Å². The van der Waals surface area contributed by atoms with Crippen LogP contribution in [0.25, 0.3) is 10.9 Å². The van der Waals surface area contributed by atoms with E-state index in [9.17, 15) is 20.4 Å². The number of nitrogens with zero attached hydrogens (tertiary/aromatic N) is 4.